The SMILES string of the molecule is COC[C@@H](O)[C@H](C[C@@H](C)OC)OC. The third kappa shape index (κ3) is 5.21. The van der Waals surface area contributed by atoms with Gasteiger partial charge in [-0.15, -0.1) is 0 Å². The first-order valence-corrected chi connectivity index (χ1v) is 4.38. The summed E-state index contributed by atoms with van der Waals surface area (Å²) in [6.45, 7) is 2.22. The predicted molar refractivity (Wildman–Crippen MR) is 49.8 cm³/mol. The lowest BCUT2D eigenvalue weighted by molar-refractivity contribution is -0.0672. The van der Waals surface area contributed by atoms with Gasteiger partial charge in [0.1, 0.15) is 6.10 Å². The lowest BCUT2D eigenvalue weighted by Gasteiger charge is -2.23. The van der Waals surface area contributed by atoms with Crippen LogP contribution in [0.5, 0.6) is 0 Å². The fourth-order valence-corrected chi connectivity index (χ4v) is 1.11. The summed E-state index contributed by atoms with van der Waals surface area (Å²) >= 11 is 0. The first kappa shape index (κ1) is 12.8. The molecular weight excluding hydrogens is 172 g/mol. The molecule has 0 heterocycles. The maximum Gasteiger partial charge on any atom is 0.103 e. The summed E-state index contributed by atoms with van der Waals surface area (Å²) in [4.78, 5) is 0. The molecule has 0 aliphatic carbocycles. The number of rotatable bonds is 7. The third-order valence-electron chi connectivity index (χ3n) is 2.04. The number of aliphatic hydroxyl groups is 1. The van der Waals surface area contributed by atoms with Gasteiger partial charge in [-0.25, -0.2) is 0 Å². The molecule has 13 heavy (non-hydrogen) atoms. The van der Waals surface area contributed by atoms with Crippen LogP contribution in [-0.4, -0.2) is 51.4 Å². The zero-order valence-electron chi connectivity index (χ0n) is 8.82. The molecule has 0 saturated carbocycles. The van der Waals surface area contributed by atoms with Crippen molar-refractivity contribution in [3.05, 3.63) is 0 Å². The second-order valence-corrected chi connectivity index (χ2v) is 3.08. The van der Waals surface area contributed by atoms with Gasteiger partial charge in [0.2, 0.25) is 0 Å². The van der Waals surface area contributed by atoms with Gasteiger partial charge in [0.15, 0.2) is 0 Å². The minimum Gasteiger partial charge on any atom is -0.388 e. The summed E-state index contributed by atoms with van der Waals surface area (Å²) in [5, 5.41) is 9.55. The van der Waals surface area contributed by atoms with Crippen LogP contribution in [-0.2, 0) is 14.2 Å². The van der Waals surface area contributed by atoms with Crippen molar-refractivity contribution in [2.75, 3.05) is 27.9 Å². The molecule has 0 saturated heterocycles. The average molecular weight is 192 g/mol. The molecule has 0 fully saturated rings. The van der Waals surface area contributed by atoms with Crippen LogP contribution in [0.15, 0.2) is 0 Å². The molecule has 0 unspecified atom stereocenters. The number of methoxy groups -OCH3 is 3. The van der Waals surface area contributed by atoms with Crippen molar-refractivity contribution in [2.45, 2.75) is 31.7 Å². The molecule has 4 nitrogen and oxygen atoms in total. The molecule has 0 spiro atoms. The van der Waals surface area contributed by atoms with Crippen LogP contribution < -0.4 is 0 Å². The van der Waals surface area contributed by atoms with Gasteiger partial charge in [-0.3, -0.25) is 0 Å². The van der Waals surface area contributed by atoms with Crippen molar-refractivity contribution < 1.29 is 19.3 Å². The summed E-state index contributed by atoms with van der Waals surface area (Å²) < 4.78 is 15.0. The van der Waals surface area contributed by atoms with E-state index in [9.17, 15) is 5.11 Å². The second kappa shape index (κ2) is 7.26. The van der Waals surface area contributed by atoms with Crippen molar-refractivity contribution in [1.82, 2.24) is 0 Å². The monoisotopic (exact) mass is 192 g/mol. The maximum atomic E-state index is 9.55. The largest absolute Gasteiger partial charge is 0.388 e. The summed E-state index contributed by atoms with van der Waals surface area (Å²) in [5.41, 5.74) is 0. The minimum absolute atomic E-state index is 0.0801. The second-order valence-electron chi connectivity index (χ2n) is 3.08. The molecular formula is C9H20O4. The standard InChI is InChI=1S/C9H20O4/c1-7(12-3)5-9(13-4)8(10)6-11-2/h7-10H,5-6H2,1-4H3/t7-,8-,9+/m1/s1. The number of hydrogen-bond acceptors (Lipinski definition) is 4. The Bertz CT molecular complexity index is 118. The van der Waals surface area contributed by atoms with Crippen LogP contribution in [0.1, 0.15) is 13.3 Å². The quantitative estimate of drug-likeness (QED) is 0.635. The van der Waals surface area contributed by atoms with Gasteiger partial charge in [0.25, 0.3) is 0 Å². The highest BCUT2D eigenvalue weighted by atomic mass is 16.5. The van der Waals surface area contributed by atoms with Gasteiger partial charge in [-0.05, 0) is 6.92 Å². The molecule has 0 aromatic carbocycles. The number of aliphatic hydroxyl groups excluding tert-OH is 1. The minimum atomic E-state index is -0.590. The summed E-state index contributed by atoms with van der Waals surface area (Å²) in [6, 6.07) is 0. The Hall–Kier alpha value is -0.160. The zero-order chi connectivity index (χ0) is 10.3. The van der Waals surface area contributed by atoms with Crippen LogP contribution >= 0.6 is 0 Å². The van der Waals surface area contributed by atoms with E-state index in [4.69, 9.17) is 14.2 Å². The highest BCUT2D eigenvalue weighted by Gasteiger charge is 2.20. The van der Waals surface area contributed by atoms with E-state index in [-0.39, 0.29) is 18.8 Å². The van der Waals surface area contributed by atoms with E-state index in [1.54, 1.807) is 21.3 Å². The van der Waals surface area contributed by atoms with Gasteiger partial charge in [0.05, 0.1) is 18.8 Å². The van der Waals surface area contributed by atoms with Crippen LogP contribution in [0.2, 0.25) is 0 Å². The van der Waals surface area contributed by atoms with Gasteiger partial charge in [-0.2, -0.15) is 0 Å². The van der Waals surface area contributed by atoms with Crippen LogP contribution in [0, 0.1) is 0 Å². The molecule has 0 bridgehead atoms. The molecule has 1 N–H and O–H groups in total. The van der Waals surface area contributed by atoms with Gasteiger partial charge in [0, 0.05) is 27.8 Å². The fraction of sp³-hybridized carbons (Fsp3) is 1.00. The van der Waals surface area contributed by atoms with Crippen molar-refractivity contribution >= 4 is 0 Å². The molecule has 4 heteroatoms. The first-order valence-electron chi connectivity index (χ1n) is 4.38. The molecule has 0 aromatic heterocycles. The van der Waals surface area contributed by atoms with E-state index < -0.39 is 6.10 Å². The lowest BCUT2D eigenvalue weighted by atomic mass is 10.1. The number of ether oxygens (including phenoxy) is 3. The normalized spacial score (nSPS) is 18.2. The zero-order valence-corrected chi connectivity index (χ0v) is 8.82. The molecule has 80 valence electrons. The molecule has 0 radical (unpaired) electrons. The summed E-state index contributed by atoms with van der Waals surface area (Å²) in [5.74, 6) is 0. The number of hydrogen-bond donors (Lipinski definition) is 1. The Labute approximate surface area is 79.8 Å². The van der Waals surface area contributed by atoms with Crippen molar-refractivity contribution in [3.63, 3.8) is 0 Å². The van der Waals surface area contributed by atoms with Crippen molar-refractivity contribution in [1.29, 1.82) is 0 Å². The van der Waals surface area contributed by atoms with Gasteiger partial charge >= 0.3 is 0 Å². The van der Waals surface area contributed by atoms with Crippen LogP contribution in [0.3, 0.4) is 0 Å². The summed E-state index contributed by atoms with van der Waals surface area (Å²) in [7, 11) is 4.77. The van der Waals surface area contributed by atoms with Crippen LogP contribution in [0.4, 0.5) is 0 Å². The predicted octanol–water partition coefficient (Wildman–Crippen LogP) is 0.434. The Kier molecular flexibility index (Phi) is 7.17. The Balaban J connectivity index is 3.86. The first-order chi connectivity index (χ1) is 6.15. The smallest absolute Gasteiger partial charge is 0.103 e. The van der Waals surface area contributed by atoms with E-state index in [2.05, 4.69) is 0 Å². The summed E-state index contributed by atoms with van der Waals surface area (Å²) in [6.07, 6.45) is -0.0729. The molecule has 0 aliphatic rings. The molecule has 0 aromatic rings. The highest BCUT2D eigenvalue weighted by Crippen LogP contribution is 2.09. The van der Waals surface area contributed by atoms with Gasteiger partial charge < -0.3 is 19.3 Å². The van der Waals surface area contributed by atoms with E-state index in [0.717, 1.165) is 0 Å². The van der Waals surface area contributed by atoms with E-state index in [1.807, 2.05) is 6.92 Å². The lowest BCUT2D eigenvalue weighted by Crippen LogP contribution is -2.34. The maximum absolute atomic E-state index is 9.55. The Morgan fingerprint density at radius 3 is 2.15 bits per heavy atom. The molecule has 0 aliphatic heterocycles. The van der Waals surface area contributed by atoms with E-state index in [1.165, 1.54) is 0 Å². The molecule has 0 amide bonds. The topological polar surface area (TPSA) is 47.9 Å². The van der Waals surface area contributed by atoms with Gasteiger partial charge in [-0.1, -0.05) is 0 Å². The molecule has 3 atom stereocenters. The molecule has 0 rings (SSSR count). The highest BCUT2D eigenvalue weighted by molar-refractivity contribution is 4.71. The Morgan fingerprint density at radius 2 is 1.77 bits per heavy atom. The van der Waals surface area contributed by atoms with E-state index in [0.29, 0.717) is 6.42 Å². The van der Waals surface area contributed by atoms with E-state index >= 15 is 0 Å². The fourth-order valence-electron chi connectivity index (χ4n) is 1.11. The van der Waals surface area contributed by atoms with Crippen molar-refractivity contribution in [2.24, 2.45) is 0 Å². The third-order valence-corrected chi connectivity index (χ3v) is 2.04. The average Bonchev–Trinajstić information content (AvgIpc) is 2.14. The Morgan fingerprint density at radius 1 is 1.15 bits per heavy atom. The van der Waals surface area contributed by atoms with Crippen molar-refractivity contribution in [3.8, 4) is 0 Å². The van der Waals surface area contributed by atoms with Crippen LogP contribution in [0.25, 0.3) is 0 Å².